The molecule has 1 unspecified atom stereocenters. The highest BCUT2D eigenvalue weighted by Gasteiger charge is 2.53. The number of benzene rings is 1. The Morgan fingerprint density at radius 3 is 2.55 bits per heavy atom. The molecule has 1 atom stereocenters. The lowest BCUT2D eigenvalue weighted by Gasteiger charge is -2.44. The fraction of sp³-hybridized carbons (Fsp3) is 0.385. The number of carbonyl (C=O) groups is 2. The maximum Gasteiger partial charge on any atom is 0.573 e. The van der Waals surface area contributed by atoms with Gasteiger partial charge in [-0.3, -0.25) is 14.3 Å². The smallest absolute Gasteiger partial charge is 0.403 e. The summed E-state index contributed by atoms with van der Waals surface area (Å²) in [6.45, 7) is 0.937. The molecule has 14 heteroatoms. The van der Waals surface area contributed by atoms with Gasteiger partial charge in [-0.2, -0.15) is 5.10 Å². The molecule has 1 saturated heterocycles. The third-order valence-corrected chi connectivity index (χ3v) is 7.15. The number of alkyl halides is 3. The van der Waals surface area contributed by atoms with Crippen LogP contribution >= 0.6 is 0 Å². The molecule has 2 aromatic heterocycles. The molecule has 210 valence electrons. The Labute approximate surface area is 225 Å². The summed E-state index contributed by atoms with van der Waals surface area (Å²) in [5.41, 5.74) is 5.81. The minimum atomic E-state index is -5.03. The Morgan fingerprint density at radius 2 is 1.90 bits per heavy atom. The zero-order valence-corrected chi connectivity index (χ0v) is 21.0. The number of nitrogens with one attached hydrogen (secondary N) is 2. The van der Waals surface area contributed by atoms with Crippen molar-refractivity contribution in [1.82, 2.24) is 14.8 Å². The fourth-order valence-electron chi connectivity index (χ4n) is 4.93. The van der Waals surface area contributed by atoms with E-state index in [2.05, 4.69) is 25.5 Å². The third-order valence-electron chi connectivity index (χ3n) is 7.15. The van der Waals surface area contributed by atoms with Gasteiger partial charge in [0.05, 0.1) is 36.3 Å². The largest absolute Gasteiger partial charge is 0.573 e. The molecule has 1 aromatic carbocycles. The molecule has 1 aliphatic heterocycles. The van der Waals surface area contributed by atoms with Crippen molar-refractivity contribution in [3.8, 4) is 16.9 Å². The molecule has 3 aromatic rings. The lowest BCUT2D eigenvalue weighted by Crippen LogP contribution is -2.49. The number of nitrogens with zero attached hydrogens (tertiary/aromatic N) is 3. The van der Waals surface area contributed by atoms with Gasteiger partial charge < -0.3 is 30.6 Å². The monoisotopic (exact) mass is 558 g/mol. The van der Waals surface area contributed by atoms with E-state index >= 15 is 0 Å². The van der Waals surface area contributed by atoms with Crippen LogP contribution in [0.3, 0.4) is 0 Å². The van der Waals surface area contributed by atoms with E-state index in [1.54, 1.807) is 10.9 Å². The number of para-hydroxylation sites is 1. The van der Waals surface area contributed by atoms with E-state index < -0.39 is 23.8 Å². The molecule has 3 aliphatic rings. The topological polar surface area (TPSA) is 143 Å². The van der Waals surface area contributed by atoms with Crippen LogP contribution in [0.1, 0.15) is 42.1 Å². The normalized spacial score (nSPS) is 19.7. The average Bonchev–Trinajstić information content (AvgIpc) is 3.41. The predicted molar refractivity (Wildman–Crippen MR) is 135 cm³/mol. The zero-order valence-electron chi connectivity index (χ0n) is 21.0. The molecule has 2 aliphatic carbocycles. The van der Waals surface area contributed by atoms with E-state index in [0.29, 0.717) is 25.2 Å². The van der Waals surface area contributed by atoms with Gasteiger partial charge in [-0.1, -0.05) is 12.1 Å². The van der Waals surface area contributed by atoms with Gasteiger partial charge in [0.1, 0.15) is 11.9 Å². The summed E-state index contributed by atoms with van der Waals surface area (Å²) in [6, 6.07) is 5.49. The van der Waals surface area contributed by atoms with Crippen molar-refractivity contribution >= 4 is 29.0 Å². The summed E-state index contributed by atoms with van der Waals surface area (Å²) in [6.07, 6.45) is 2.15. The molecule has 3 heterocycles. The van der Waals surface area contributed by atoms with Gasteiger partial charge in [0, 0.05) is 41.9 Å². The molecular formula is C26H25F3N6O5. The van der Waals surface area contributed by atoms with Crippen molar-refractivity contribution in [1.29, 1.82) is 0 Å². The van der Waals surface area contributed by atoms with Gasteiger partial charge in [-0.05, 0) is 25.3 Å². The summed E-state index contributed by atoms with van der Waals surface area (Å²) >= 11 is 0. The second-order valence-electron chi connectivity index (χ2n) is 9.87. The number of amides is 2. The highest BCUT2D eigenvalue weighted by molar-refractivity contribution is 6.01. The van der Waals surface area contributed by atoms with E-state index in [1.165, 1.54) is 30.5 Å². The number of ether oxygens (including phenoxy) is 3. The number of pyridine rings is 1. The Kier molecular flexibility index (Phi) is 6.38. The summed E-state index contributed by atoms with van der Waals surface area (Å²) < 4.78 is 58.5. The molecule has 2 saturated carbocycles. The van der Waals surface area contributed by atoms with Crippen molar-refractivity contribution in [3.05, 3.63) is 48.4 Å². The summed E-state index contributed by atoms with van der Waals surface area (Å²) in [4.78, 5) is 28.3. The number of hydrogen-bond donors (Lipinski definition) is 3. The minimum absolute atomic E-state index is 0.0420. The van der Waals surface area contributed by atoms with E-state index in [1.807, 2.05) is 0 Å². The van der Waals surface area contributed by atoms with Crippen LogP contribution in [0.4, 0.5) is 30.4 Å². The first-order valence-corrected chi connectivity index (χ1v) is 12.7. The van der Waals surface area contributed by atoms with Gasteiger partial charge in [0.15, 0.2) is 11.5 Å². The molecule has 40 heavy (non-hydrogen) atoms. The van der Waals surface area contributed by atoms with Gasteiger partial charge in [-0.15, -0.1) is 13.2 Å². The number of hydrogen-bond acceptors (Lipinski definition) is 8. The molecule has 6 rings (SSSR count). The molecule has 0 radical (unpaired) electrons. The molecule has 1 spiro atoms. The first-order chi connectivity index (χ1) is 19.1. The van der Waals surface area contributed by atoms with Crippen LogP contribution in [-0.4, -0.2) is 51.9 Å². The Morgan fingerprint density at radius 1 is 1.12 bits per heavy atom. The van der Waals surface area contributed by atoms with E-state index in [9.17, 15) is 22.8 Å². The number of aromatic nitrogens is 3. The lowest BCUT2D eigenvalue weighted by molar-refractivity contribution is -0.274. The summed E-state index contributed by atoms with van der Waals surface area (Å²) in [5, 5.41) is 9.84. The fourth-order valence-corrected chi connectivity index (χ4v) is 4.93. The number of primary amides is 1. The standard InChI is InChI=1S/C26H25F3N6O5/c27-26(28,29)40-22-16(15-11-32-35(13-15)20-6-7-25(20)38-8-9-39-25)2-1-3-18(22)33-19-10-21(31-12-17(19)23(30)36)34-24(37)14-4-5-14/h1-3,10-14,20H,4-9H2,(H2,30,36)(H2,31,33,34,37). The third kappa shape index (κ3) is 5.07. The summed E-state index contributed by atoms with van der Waals surface area (Å²) in [5.74, 6) is -2.39. The second-order valence-corrected chi connectivity index (χ2v) is 9.87. The van der Waals surface area contributed by atoms with Gasteiger partial charge in [0.25, 0.3) is 5.91 Å². The molecular weight excluding hydrogens is 533 g/mol. The Balaban J connectivity index is 1.35. The van der Waals surface area contributed by atoms with Crippen LogP contribution in [-0.2, 0) is 14.3 Å². The summed E-state index contributed by atoms with van der Waals surface area (Å²) in [7, 11) is 0. The van der Waals surface area contributed by atoms with Crippen LogP contribution in [0.2, 0.25) is 0 Å². The van der Waals surface area contributed by atoms with E-state index in [-0.39, 0.29) is 46.2 Å². The van der Waals surface area contributed by atoms with E-state index in [0.717, 1.165) is 25.5 Å². The van der Waals surface area contributed by atoms with Crippen LogP contribution < -0.4 is 21.1 Å². The number of rotatable bonds is 8. The Bertz CT molecular complexity index is 1470. The van der Waals surface area contributed by atoms with Crippen molar-refractivity contribution in [3.63, 3.8) is 0 Å². The maximum absolute atomic E-state index is 13.6. The molecule has 0 bridgehead atoms. The number of nitrogens with two attached hydrogens (primary N) is 1. The number of carbonyl (C=O) groups excluding carboxylic acids is 2. The quantitative estimate of drug-likeness (QED) is 0.375. The highest BCUT2D eigenvalue weighted by Crippen LogP contribution is 2.49. The second kappa shape index (κ2) is 9.78. The van der Waals surface area contributed by atoms with Gasteiger partial charge >= 0.3 is 6.36 Å². The van der Waals surface area contributed by atoms with Crippen molar-refractivity contribution in [2.75, 3.05) is 23.8 Å². The van der Waals surface area contributed by atoms with E-state index in [4.69, 9.17) is 15.2 Å². The number of anilines is 3. The van der Waals surface area contributed by atoms with Crippen molar-refractivity contribution < 1.29 is 37.0 Å². The van der Waals surface area contributed by atoms with Crippen molar-refractivity contribution in [2.45, 2.75) is 43.9 Å². The lowest BCUT2D eigenvalue weighted by atomic mass is 9.85. The molecule has 2 amide bonds. The van der Waals surface area contributed by atoms with Gasteiger partial charge in [0.2, 0.25) is 5.91 Å². The molecule has 11 nitrogen and oxygen atoms in total. The van der Waals surface area contributed by atoms with Crippen LogP contribution in [0.15, 0.2) is 42.9 Å². The number of halogens is 3. The first-order valence-electron chi connectivity index (χ1n) is 12.7. The van der Waals surface area contributed by atoms with Crippen LogP contribution in [0.25, 0.3) is 11.1 Å². The maximum atomic E-state index is 13.6. The molecule has 4 N–H and O–H groups in total. The molecule has 3 fully saturated rings. The van der Waals surface area contributed by atoms with Crippen molar-refractivity contribution in [2.24, 2.45) is 11.7 Å². The first kappa shape index (κ1) is 26.1. The minimum Gasteiger partial charge on any atom is -0.403 e. The van der Waals surface area contributed by atoms with Gasteiger partial charge in [-0.25, -0.2) is 4.98 Å². The average molecular weight is 559 g/mol. The Hall–Kier alpha value is -4.17. The SMILES string of the molecule is NC(=O)c1cnc(NC(=O)C2CC2)cc1Nc1cccc(-c2cnn(C3CCC34OCCO4)c2)c1OC(F)(F)F. The zero-order chi connectivity index (χ0) is 28.1. The highest BCUT2D eigenvalue weighted by atomic mass is 19.4. The van der Waals surface area contributed by atoms with Crippen LogP contribution in [0.5, 0.6) is 5.75 Å². The van der Waals surface area contributed by atoms with Crippen LogP contribution in [0, 0.1) is 5.92 Å². The predicted octanol–water partition coefficient (Wildman–Crippen LogP) is 4.11.